The number of aliphatic carboxylic acids is 1. The van der Waals surface area contributed by atoms with E-state index < -0.39 is 12.0 Å². The first-order valence-corrected chi connectivity index (χ1v) is 11.3. The van der Waals surface area contributed by atoms with Crippen molar-refractivity contribution in [3.05, 3.63) is 52.1 Å². The van der Waals surface area contributed by atoms with Gasteiger partial charge in [-0.05, 0) is 67.6 Å². The molecule has 2 aromatic carbocycles. The number of aromatic hydroxyl groups is 1. The molecule has 2 aromatic rings. The van der Waals surface area contributed by atoms with E-state index in [1.165, 1.54) is 0 Å². The Hall–Kier alpha value is -2.53. The van der Waals surface area contributed by atoms with Crippen molar-refractivity contribution >= 4 is 5.97 Å². The van der Waals surface area contributed by atoms with Crippen LogP contribution in [0.5, 0.6) is 17.2 Å². The van der Waals surface area contributed by atoms with Gasteiger partial charge in [0.05, 0.1) is 0 Å². The van der Waals surface area contributed by atoms with Gasteiger partial charge in [0, 0.05) is 0 Å². The number of carbonyl (C=O) groups is 1. The Kier molecular flexibility index (Phi) is 19.5. The lowest BCUT2D eigenvalue weighted by molar-refractivity contribution is -0.138. The van der Waals surface area contributed by atoms with Crippen LogP contribution in [0, 0.1) is 27.7 Å². The van der Waals surface area contributed by atoms with Gasteiger partial charge in [-0.2, -0.15) is 0 Å². The molecule has 0 amide bonds. The summed E-state index contributed by atoms with van der Waals surface area (Å²) in [5.74, 6) is 0.478. The van der Waals surface area contributed by atoms with E-state index in [4.69, 9.17) is 15.6 Å². The van der Waals surface area contributed by atoms with Crippen molar-refractivity contribution in [1.29, 1.82) is 0 Å². The highest BCUT2D eigenvalue weighted by Gasteiger charge is 2.17. The van der Waals surface area contributed by atoms with Crippen molar-refractivity contribution in [2.45, 2.75) is 89.1 Å². The molecule has 178 valence electrons. The van der Waals surface area contributed by atoms with Crippen LogP contribution < -0.4 is 10.5 Å². The van der Waals surface area contributed by atoms with Crippen LogP contribution in [-0.2, 0) is 4.79 Å². The molecule has 0 saturated carbocycles. The maximum Gasteiger partial charge on any atom is 0.325 e. The molecule has 4 N–H and O–H groups in total. The summed E-state index contributed by atoms with van der Waals surface area (Å²) in [5.41, 5.74) is 9.29. The van der Waals surface area contributed by atoms with Gasteiger partial charge in [0.25, 0.3) is 0 Å². The number of benzene rings is 2. The van der Waals surface area contributed by atoms with Crippen LogP contribution in [0.3, 0.4) is 0 Å². The van der Waals surface area contributed by atoms with E-state index in [1.807, 2.05) is 83.1 Å². The van der Waals surface area contributed by atoms with E-state index in [1.54, 1.807) is 24.3 Å². The Labute approximate surface area is 190 Å². The highest BCUT2D eigenvalue weighted by Crippen LogP contribution is 2.34. The number of aryl methyl sites for hydroxylation is 4. The SMILES string of the molecule is CC.CC.CC.CC.Cc1cc(Oc2c(C)cc(C(N)C(=O)O)cc2C)cc(C)c1O. The number of phenols is 1. The number of hydrogen-bond donors (Lipinski definition) is 3. The normalized spacial score (nSPS) is 9.71. The molecule has 1 atom stereocenters. The minimum Gasteiger partial charge on any atom is -0.507 e. The second-order valence-corrected chi connectivity index (χ2v) is 5.81. The molecule has 5 nitrogen and oxygen atoms in total. The summed E-state index contributed by atoms with van der Waals surface area (Å²) in [6.07, 6.45) is 0. The van der Waals surface area contributed by atoms with Crippen molar-refractivity contribution < 1.29 is 19.7 Å². The molecule has 0 saturated heterocycles. The third kappa shape index (κ3) is 10.4. The molecular formula is C26H45NO4. The van der Waals surface area contributed by atoms with Crippen LogP contribution in [0.4, 0.5) is 0 Å². The molecule has 0 aliphatic heterocycles. The first-order valence-electron chi connectivity index (χ1n) is 11.3. The Balaban J connectivity index is -0.000000879. The number of carboxylic acid groups (broad SMARTS) is 1. The zero-order chi connectivity index (χ0) is 25.3. The van der Waals surface area contributed by atoms with E-state index in [0.717, 1.165) is 22.3 Å². The van der Waals surface area contributed by atoms with E-state index in [9.17, 15) is 9.90 Å². The summed E-state index contributed by atoms with van der Waals surface area (Å²) in [6.45, 7) is 23.3. The molecule has 5 heteroatoms. The minimum atomic E-state index is -1.07. The van der Waals surface area contributed by atoms with Crippen molar-refractivity contribution in [2.24, 2.45) is 5.73 Å². The molecule has 1 unspecified atom stereocenters. The van der Waals surface area contributed by atoms with Gasteiger partial charge in [-0.25, -0.2) is 0 Å². The third-order valence-electron chi connectivity index (χ3n) is 3.79. The number of rotatable bonds is 4. The predicted molar refractivity (Wildman–Crippen MR) is 134 cm³/mol. The highest BCUT2D eigenvalue weighted by molar-refractivity contribution is 5.75. The van der Waals surface area contributed by atoms with Gasteiger partial charge < -0.3 is 20.7 Å². The van der Waals surface area contributed by atoms with Gasteiger partial charge in [-0.1, -0.05) is 67.5 Å². The summed E-state index contributed by atoms with van der Waals surface area (Å²) in [7, 11) is 0. The first-order chi connectivity index (χ1) is 14.7. The smallest absolute Gasteiger partial charge is 0.325 e. The second kappa shape index (κ2) is 18.3. The Morgan fingerprint density at radius 1 is 0.774 bits per heavy atom. The first kappa shape index (κ1) is 33.1. The topological polar surface area (TPSA) is 92.8 Å². The van der Waals surface area contributed by atoms with Gasteiger partial charge in [0.15, 0.2) is 0 Å². The molecule has 0 spiro atoms. The lowest BCUT2D eigenvalue weighted by Gasteiger charge is -2.16. The van der Waals surface area contributed by atoms with E-state index in [2.05, 4.69) is 0 Å². The molecular weight excluding hydrogens is 390 g/mol. The number of phenolic OH excluding ortho intramolecular Hbond substituents is 1. The van der Waals surface area contributed by atoms with Crippen molar-refractivity contribution in [1.82, 2.24) is 0 Å². The fourth-order valence-electron chi connectivity index (χ4n) is 2.56. The van der Waals surface area contributed by atoms with Crippen molar-refractivity contribution in [2.75, 3.05) is 0 Å². The number of ether oxygens (including phenoxy) is 1. The Morgan fingerprint density at radius 3 is 1.45 bits per heavy atom. The lowest BCUT2D eigenvalue weighted by Crippen LogP contribution is -2.20. The van der Waals surface area contributed by atoms with Crippen LogP contribution in [-0.4, -0.2) is 16.2 Å². The lowest BCUT2D eigenvalue weighted by atomic mass is 10.0. The molecule has 0 aliphatic rings. The van der Waals surface area contributed by atoms with Gasteiger partial charge in [0.1, 0.15) is 23.3 Å². The second-order valence-electron chi connectivity index (χ2n) is 5.81. The molecule has 0 radical (unpaired) electrons. The average molecular weight is 436 g/mol. The predicted octanol–water partition coefficient (Wildman–Crippen LogP) is 7.61. The zero-order valence-corrected chi connectivity index (χ0v) is 21.7. The van der Waals surface area contributed by atoms with E-state index in [0.29, 0.717) is 17.1 Å². The maximum atomic E-state index is 11.0. The van der Waals surface area contributed by atoms with Crippen molar-refractivity contribution in [3.63, 3.8) is 0 Å². The summed E-state index contributed by atoms with van der Waals surface area (Å²) >= 11 is 0. The molecule has 31 heavy (non-hydrogen) atoms. The van der Waals surface area contributed by atoms with Crippen LogP contribution >= 0.6 is 0 Å². The quantitative estimate of drug-likeness (QED) is 0.459. The van der Waals surface area contributed by atoms with E-state index in [-0.39, 0.29) is 5.75 Å². The zero-order valence-electron chi connectivity index (χ0n) is 21.7. The fraction of sp³-hybridized carbons (Fsp3) is 0.500. The molecule has 0 bridgehead atoms. The number of nitrogens with two attached hydrogens (primary N) is 1. The molecule has 0 heterocycles. The summed E-state index contributed by atoms with van der Waals surface area (Å²) in [5, 5.41) is 18.9. The molecule has 0 fully saturated rings. The largest absolute Gasteiger partial charge is 0.507 e. The summed E-state index contributed by atoms with van der Waals surface area (Å²) in [4.78, 5) is 11.0. The Morgan fingerprint density at radius 2 is 1.13 bits per heavy atom. The standard InChI is InChI=1S/C18H21NO4.4C2H6/c1-9-7-14(8-10(2)16(9)20)23-17-11(3)5-13(6-12(17)4)15(19)18(21)22;4*1-2/h5-8,15,20H,19H2,1-4H3,(H,21,22);4*1-2H3. The number of hydrogen-bond acceptors (Lipinski definition) is 4. The van der Waals surface area contributed by atoms with Crippen LogP contribution in [0.2, 0.25) is 0 Å². The van der Waals surface area contributed by atoms with Gasteiger partial charge in [-0.15, -0.1) is 0 Å². The van der Waals surface area contributed by atoms with Gasteiger partial charge >= 0.3 is 5.97 Å². The average Bonchev–Trinajstić information content (AvgIpc) is 2.79. The monoisotopic (exact) mass is 435 g/mol. The molecule has 0 aromatic heterocycles. The Bertz CT molecular complexity index is 724. The van der Waals surface area contributed by atoms with Crippen LogP contribution in [0.25, 0.3) is 0 Å². The highest BCUT2D eigenvalue weighted by atomic mass is 16.5. The summed E-state index contributed by atoms with van der Waals surface area (Å²) < 4.78 is 5.95. The molecule has 2 rings (SSSR count). The third-order valence-corrected chi connectivity index (χ3v) is 3.79. The van der Waals surface area contributed by atoms with Gasteiger partial charge in [0.2, 0.25) is 0 Å². The number of carboxylic acids is 1. The molecule has 0 aliphatic carbocycles. The van der Waals surface area contributed by atoms with Crippen LogP contribution in [0.1, 0.15) is 89.2 Å². The fourth-order valence-corrected chi connectivity index (χ4v) is 2.56. The summed E-state index contributed by atoms with van der Waals surface area (Å²) in [6, 6.07) is 5.92. The minimum absolute atomic E-state index is 0.258. The van der Waals surface area contributed by atoms with E-state index >= 15 is 0 Å². The van der Waals surface area contributed by atoms with Gasteiger partial charge in [-0.3, -0.25) is 4.79 Å². The maximum absolute atomic E-state index is 11.0. The van der Waals surface area contributed by atoms with Crippen molar-refractivity contribution in [3.8, 4) is 17.2 Å². The van der Waals surface area contributed by atoms with Crippen LogP contribution in [0.15, 0.2) is 24.3 Å².